The molecule has 0 saturated carbocycles. The van der Waals surface area contributed by atoms with Crippen LogP contribution in [0.15, 0.2) is 18.3 Å². The summed E-state index contributed by atoms with van der Waals surface area (Å²) in [5.41, 5.74) is 6.93. The molecule has 0 radical (unpaired) electrons. The van der Waals surface area contributed by atoms with Gasteiger partial charge in [-0.3, -0.25) is 9.89 Å². The van der Waals surface area contributed by atoms with Crippen LogP contribution in [0.25, 0.3) is 10.9 Å². The van der Waals surface area contributed by atoms with Gasteiger partial charge >= 0.3 is 0 Å². The van der Waals surface area contributed by atoms with Gasteiger partial charge in [0.05, 0.1) is 23.9 Å². The van der Waals surface area contributed by atoms with E-state index in [9.17, 15) is 9.90 Å². The Morgan fingerprint density at radius 2 is 2.08 bits per heavy atom. The number of likely N-dealkylation sites (tertiary alicyclic amines) is 1. The number of rotatable bonds is 4. The molecule has 1 aliphatic heterocycles. The van der Waals surface area contributed by atoms with E-state index in [1.165, 1.54) is 0 Å². The van der Waals surface area contributed by atoms with Crippen LogP contribution >= 0.6 is 11.6 Å². The van der Waals surface area contributed by atoms with Crippen molar-refractivity contribution in [3.05, 3.63) is 28.9 Å². The Hall–Kier alpha value is -1.63. The van der Waals surface area contributed by atoms with E-state index in [0.29, 0.717) is 18.1 Å². The number of aliphatic hydroxyl groups is 1. The van der Waals surface area contributed by atoms with Gasteiger partial charge in [-0.15, -0.1) is 0 Å². The number of hydrogen-bond donors (Lipinski definition) is 3. The van der Waals surface area contributed by atoms with Gasteiger partial charge in [0.25, 0.3) is 0 Å². The van der Waals surface area contributed by atoms with Crippen LogP contribution in [0.5, 0.6) is 0 Å². The number of nitrogens with zero attached hydrogens (tertiary/aromatic N) is 2. The zero-order valence-electron chi connectivity index (χ0n) is 15.5. The number of halogens is 1. The summed E-state index contributed by atoms with van der Waals surface area (Å²) < 4.78 is 0. The second-order valence-corrected chi connectivity index (χ2v) is 8.38. The van der Waals surface area contributed by atoms with Gasteiger partial charge in [-0.1, -0.05) is 25.4 Å². The van der Waals surface area contributed by atoms with Crippen LogP contribution < -0.4 is 5.73 Å². The Balaban J connectivity index is 1.79. The molecule has 3 rings (SSSR count). The van der Waals surface area contributed by atoms with E-state index in [4.69, 9.17) is 17.3 Å². The minimum absolute atomic E-state index is 0.00388. The van der Waals surface area contributed by atoms with E-state index in [0.717, 1.165) is 29.3 Å². The Morgan fingerprint density at radius 1 is 1.42 bits per heavy atom. The monoisotopic (exact) mass is 378 g/mol. The highest BCUT2D eigenvalue weighted by molar-refractivity contribution is 6.31. The first kappa shape index (κ1) is 19.1. The minimum atomic E-state index is -0.690. The number of nitrogens with two attached hydrogens (primary N) is 1. The van der Waals surface area contributed by atoms with Crippen LogP contribution in [0.3, 0.4) is 0 Å². The number of nitrogens with one attached hydrogen (secondary N) is 1. The van der Waals surface area contributed by atoms with Gasteiger partial charge < -0.3 is 15.7 Å². The van der Waals surface area contributed by atoms with Crippen molar-refractivity contribution in [1.82, 2.24) is 15.1 Å². The third-order valence-electron chi connectivity index (χ3n) is 5.79. The average molecular weight is 379 g/mol. The Labute approximate surface area is 158 Å². The van der Waals surface area contributed by atoms with Gasteiger partial charge in [0.2, 0.25) is 5.91 Å². The standard InChI is InChI=1S/C19H27ClN4O2/c1-11(21)18(26)24-6-4-13(5-7-24)19(2,3)17(25)15-9-14(20)8-12-10-22-23-16(12)15/h8-11,13,17,25H,4-7,21H2,1-3H3,(H,22,23)/t11-,17+/m0/s1. The van der Waals surface area contributed by atoms with Gasteiger partial charge in [0.15, 0.2) is 0 Å². The summed E-state index contributed by atoms with van der Waals surface area (Å²) in [5.74, 6) is 0.280. The molecule has 1 amide bonds. The summed E-state index contributed by atoms with van der Waals surface area (Å²) in [4.78, 5) is 13.9. The van der Waals surface area contributed by atoms with E-state index in [2.05, 4.69) is 24.0 Å². The topological polar surface area (TPSA) is 95.2 Å². The van der Waals surface area contributed by atoms with Gasteiger partial charge in [-0.05, 0) is 43.2 Å². The van der Waals surface area contributed by atoms with Crippen LogP contribution in [-0.2, 0) is 4.79 Å². The second-order valence-electron chi connectivity index (χ2n) is 7.94. The van der Waals surface area contributed by atoms with E-state index in [-0.39, 0.29) is 17.2 Å². The van der Waals surface area contributed by atoms with Crippen LogP contribution in [0.1, 0.15) is 45.3 Å². The average Bonchev–Trinajstić information content (AvgIpc) is 3.07. The molecule has 1 aromatic heterocycles. The summed E-state index contributed by atoms with van der Waals surface area (Å²) in [6, 6.07) is 3.18. The largest absolute Gasteiger partial charge is 0.388 e. The molecular formula is C19H27ClN4O2. The highest BCUT2D eigenvalue weighted by Crippen LogP contribution is 2.46. The van der Waals surface area contributed by atoms with Crippen LogP contribution in [0, 0.1) is 11.3 Å². The fourth-order valence-corrected chi connectivity index (χ4v) is 4.25. The number of H-pyrrole nitrogens is 1. The number of carbonyl (C=O) groups excluding carboxylic acids is 1. The predicted molar refractivity (Wildman–Crippen MR) is 103 cm³/mol. The molecular weight excluding hydrogens is 352 g/mol. The van der Waals surface area contributed by atoms with Gasteiger partial charge in [-0.2, -0.15) is 5.10 Å². The van der Waals surface area contributed by atoms with Gasteiger partial charge in [0.1, 0.15) is 0 Å². The Bertz CT molecular complexity index is 794. The molecule has 2 heterocycles. The molecule has 1 saturated heterocycles. The summed E-state index contributed by atoms with van der Waals surface area (Å²) in [6.07, 6.45) is 2.71. The van der Waals surface area contributed by atoms with Gasteiger partial charge in [-0.25, -0.2) is 0 Å². The number of aromatic amines is 1. The van der Waals surface area contributed by atoms with E-state index in [1.54, 1.807) is 13.1 Å². The maximum Gasteiger partial charge on any atom is 0.239 e. The molecule has 0 bridgehead atoms. The van der Waals surface area contributed by atoms with Crippen molar-refractivity contribution in [2.24, 2.45) is 17.1 Å². The number of benzene rings is 1. The van der Waals surface area contributed by atoms with Crippen molar-refractivity contribution in [1.29, 1.82) is 0 Å². The molecule has 1 fully saturated rings. The lowest BCUT2D eigenvalue weighted by Crippen LogP contribution is -2.48. The molecule has 7 heteroatoms. The maximum atomic E-state index is 12.1. The third-order valence-corrected chi connectivity index (χ3v) is 6.01. The van der Waals surface area contributed by atoms with Crippen molar-refractivity contribution in [3.63, 3.8) is 0 Å². The molecule has 4 N–H and O–H groups in total. The number of piperidine rings is 1. The zero-order valence-corrected chi connectivity index (χ0v) is 16.3. The van der Waals surface area contributed by atoms with Crippen LogP contribution in [0.2, 0.25) is 5.02 Å². The molecule has 6 nitrogen and oxygen atoms in total. The number of hydrogen-bond acceptors (Lipinski definition) is 4. The highest BCUT2D eigenvalue weighted by Gasteiger charge is 2.40. The minimum Gasteiger partial charge on any atom is -0.388 e. The molecule has 0 unspecified atom stereocenters. The number of fused-ring (bicyclic) bond motifs is 1. The first-order chi connectivity index (χ1) is 12.2. The molecule has 1 aliphatic rings. The van der Waals surface area contributed by atoms with Crippen molar-refractivity contribution >= 4 is 28.4 Å². The quantitative estimate of drug-likeness (QED) is 0.762. The van der Waals surface area contributed by atoms with Crippen molar-refractivity contribution in [3.8, 4) is 0 Å². The van der Waals surface area contributed by atoms with Crippen molar-refractivity contribution in [2.45, 2.75) is 45.8 Å². The SMILES string of the molecule is C[C@H](N)C(=O)N1CCC(C(C)(C)[C@H](O)c2cc(Cl)cc3cn[nH]c23)CC1. The number of carbonyl (C=O) groups is 1. The van der Waals surface area contributed by atoms with Crippen LogP contribution in [0.4, 0.5) is 0 Å². The molecule has 26 heavy (non-hydrogen) atoms. The van der Waals surface area contributed by atoms with Crippen molar-refractivity contribution < 1.29 is 9.90 Å². The molecule has 2 atom stereocenters. The number of amides is 1. The van der Waals surface area contributed by atoms with E-state index >= 15 is 0 Å². The predicted octanol–water partition coefficient (Wildman–Crippen LogP) is 2.86. The lowest BCUT2D eigenvalue weighted by atomic mass is 9.68. The van der Waals surface area contributed by atoms with Gasteiger partial charge in [0, 0.05) is 29.1 Å². The Morgan fingerprint density at radius 3 is 2.69 bits per heavy atom. The fraction of sp³-hybridized carbons (Fsp3) is 0.579. The summed E-state index contributed by atoms with van der Waals surface area (Å²) >= 11 is 6.24. The molecule has 142 valence electrons. The lowest BCUT2D eigenvalue weighted by Gasteiger charge is -2.43. The first-order valence-corrected chi connectivity index (χ1v) is 9.44. The van der Waals surface area contributed by atoms with E-state index < -0.39 is 12.1 Å². The smallest absolute Gasteiger partial charge is 0.239 e. The lowest BCUT2D eigenvalue weighted by molar-refractivity contribution is -0.134. The summed E-state index contributed by atoms with van der Waals surface area (Å²) in [5, 5.41) is 19.7. The summed E-state index contributed by atoms with van der Waals surface area (Å²) in [6.45, 7) is 7.23. The summed E-state index contributed by atoms with van der Waals surface area (Å²) in [7, 11) is 0. The number of aromatic nitrogens is 2. The molecule has 1 aromatic carbocycles. The number of aliphatic hydroxyl groups excluding tert-OH is 1. The molecule has 2 aromatic rings. The third kappa shape index (κ3) is 3.46. The normalized spacial score (nSPS) is 18.9. The van der Waals surface area contributed by atoms with Crippen LogP contribution in [-0.4, -0.2) is 45.2 Å². The first-order valence-electron chi connectivity index (χ1n) is 9.06. The second kappa shape index (κ2) is 7.18. The fourth-order valence-electron chi connectivity index (χ4n) is 4.02. The molecule has 0 aliphatic carbocycles. The highest BCUT2D eigenvalue weighted by atomic mass is 35.5. The molecule has 0 spiro atoms. The maximum absolute atomic E-state index is 12.1. The zero-order chi connectivity index (χ0) is 19.1. The van der Waals surface area contributed by atoms with E-state index in [1.807, 2.05) is 17.0 Å². The Kier molecular flexibility index (Phi) is 5.28. The van der Waals surface area contributed by atoms with Crippen molar-refractivity contribution in [2.75, 3.05) is 13.1 Å².